The minimum absolute atomic E-state index is 0.158. The number of hydrogen-bond acceptors (Lipinski definition) is 5. The monoisotopic (exact) mass is 291 g/mol. The van der Waals surface area contributed by atoms with E-state index in [1.165, 1.54) is 11.4 Å². The van der Waals surface area contributed by atoms with Crippen LogP contribution in [0.2, 0.25) is 0 Å². The predicted octanol–water partition coefficient (Wildman–Crippen LogP) is 0.115. The Bertz CT molecular complexity index is 435. The van der Waals surface area contributed by atoms with Crippen LogP contribution in [0.15, 0.2) is 0 Å². The molecule has 1 aliphatic carbocycles. The second-order valence-electron chi connectivity index (χ2n) is 5.23. The standard InChI is InChI=1S/C12H21NO5S/c1-18-12(15)10-5-2-6-11(10)19(16,17)13-7-3-4-9(13)8-14/h9-11,14H,2-8H2,1H3/t9-,10?,11?/m0/s1. The van der Waals surface area contributed by atoms with Crippen LogP contribution >= 0.6 is 0 Å². The van der Waals surface area contributed by atoms with E-state index < -0.39 is 27.2 Å². The Hall–Kier alpha value is -0.660. The number of aliphatic hydroxyl groups excluding tert-OH is 1. The molecule has 0 aromatic carbocycles. The van der Waals surface area contributed by atoms with Crippen LogP contribution in [0.3, 0.4) is 0 Å². The highest BCUT2D eigenvalue weighted by Crippen LogP contribution is 2.36. The Morgan fingerprint density at radius 1 is 1.32 bits per heavy atom. The van der Waals surface area contributed by atoms with Crippen molar-refractivity contribution in [1.82, 2.24) is 4.31 Å². The molecule has 6 nitrogen and oxygen atoms in total. The highest BCUT2D eigenvalue weighted by molar-refractivity contribution is 7.89. The fraction of sp³-hybridized carbons (Fsp3) is 0.917. The summed E-state index contributed by atoms with van der Waals surface area (Å²) in [5.41, 5.74) is 0. The van der Waals surface area contributed by atoms with Gasteiger partial charge in [0.15, 0.2) is 0 Å². The number of esters is 1. The molecular weight excluding hydrogens is 270 g/mol. The average Bonchev–Trinajstić information content (AvgIpc) is 3.06. The van der Waals surface area contributed by atoms with Crippen molar-refractivity contribution in [2.75, 3.05) is 20.3 Å². The summed E-state index contributed by atoms with van der Waals surface area (Å²) >= 11 is 0. The summed E-state index contributed by atoms with van der Waals surface area (Å²) in [4.78, 5) is 11.7. The summed E-state index contributed by atoms with van der Waals surface area (Å²) in [6.07, 6.45) is 3.23. The maximum atomic E-state index is 12.6. The van der Waals surface area contributed by atoms with Gasteiger partial charge in [-0.3, -0.25) is 4.79 Å². The Labute approximate surface area is 113 Å². The van der Waals surface area contributed by atoms with Gasteiger partial charge in [0.05, 0.1) is 24.9 Å². The molecule has 7 heteroatoms. The van der Waals surface area contributed by atoms with E-state index in [-0.39, 0.29) is 12.6 Å². The lowest BCUT2D eigenvalue weighted by atomic mass is 10.1. The van der Waals surface area contributed by atoms with Gasteiger partial charge in [-0.05, 0) is 25.7 Å². The largest absolute Gasteiger partial charge is 0.469 e. The molecule has 2 fully saturated rings. The SMILES string of the molecule is COC(=O)C1CCCC1S(=O)(=O)N1CCC[C@H]1CO. The van der Waals surface area contributed by atoms with Gasteiger partial charge in [-0.2, -0.15) is 4.31 Å². The number of rotatable bonds is 4. The van der Waals surface area contributed by atoms with Crippen molar-refractivity contribution in [3.63, 3.8) is 0 Å². The van der Waals surface area contributed by atoms with Gasteiger partial charge < -0.3 is 9.84 Å². The molecule has 2 unspecified atom stereocenters. The van der Waals surface area contributed by atoms with Crippen molar-refractivity contribution >= 4 is 16.0 Å². The van der Waals surface area contributed by atoms with E-state index in [1.54, 1.807) is 0 Å². The van der Waals surface area contributed by atoms with Crippen molar-refractivity contribution in [2.24, 2.45) is 5.92 Å². The van der Waals surface area contributed by atoms with Crippen molar-refractivity contribution < 1.29 is 23.1 Å². The fourth-order valence-electron chi connectivity index (χ4n) is 3.20. The minimum Gasteiger partial charge on any atom is -0.469 e. The van der Waals surface area contributed by atoms with Gasteiger partial charge in [0.1, 0.15) is 0 Å². The third-order valence-corrected chi connectivity index (χ3v) is 6.66. The van der Waals surface area contributed by atoms with Crippen LogP contribution in [0, 0.1) is 5.92 Å². The number of methoxy groups -OCH3 is 1. The van der Waals surface area contributed by atoms with Crippen LogP contribution < -0.4 is 0 Å². The van der Waals surface area contributed by atoms with E-state index in [0.29, 0.717) is 25.8 Å². The van der Waals surface area contributed by atoms with Crippen molar-refractivity contribution in [1.29, 1.82) is 0 Å². The van der Waals surface area contributed by atoms with Crippen molar-refractivity contribution in [3.05, 3.63) is 0 Å². The first-order chi connectivity index (χ1) is 9.02. The molecule has 2 aliphatic rings. The van der Waals surface area contributed by atoms with E-state index >= 15 is 0 Å². The highest BCUT2D eigenvalue weighted by atomic mass is 32.2. The third kappa shape index (κ3) is 2.64. The second kappa shape index (κ2) is 5.76. The Balaban J connectivity index is 2.21. The van der Waals surface area contributed by atoms with Crippen LogP contribution in [0.4, 0.5) is 0 Å². The molecule has 0 aromatic rings. The lowest BCUT2D eigenvalue weighted by molar-refractivity contribution is -0.145. The Morgan fingerprint density at radius 2 is 2.05 bits per heavy atom. The molecule has 0 radical (unpaired) electrons. The topological polar surface area (TPSA) is 83.9 Å². The van der Waals surface area contributed by atoms with E-state index in [1.807, 2.05) is 0 Å². The normalized spacial score (nSPS) is 32.6. The number of carbonyl (C=O) groups excluding carboxylic acids is 1. The van der Waals surface area contributed by atoms with Gasteiger partial charge in [-0.15, -0.1) is 0 Å². The average molecular weight is 291 g/mol. The summed E-state index contributed by atoms with van der Waals surface area (Å²) < 4.78 is 31.4. The quantitative estimate of drug-likeness (QED) is 0.744. The number of sulfonamides is 1. The summed E-state index contributed by atoms with van der Waals surface area (Å²) in [5.74, 6) is -0.999. The first-order valence-corrected chi connectivity index (χ1v) is 8.22. The first kappa shape index (κ1) is 14.7. The maximum absolute atomic E-state index is 12.6. The minimum atomic E-state index is -3.53. The molecule has 1 saturated heterocycles. The summed E-state index contributed by atoms with van der Waals surface area (Å²) in [7, 11) is -2.24. The van der Waals surface area contributed by atoms with Crippen LogP contribution in [-0.2, 0) is 19.6 Å². The number of nitrogens with zero attached hydrogens (tertiary/aromatic N) is 1. The van der Waals surface area contributed by atoms with Crippen LogP contribution in [0.5, 0.6) is 0 Å². The Kier molecular flexibility index (Phi) is 4.47. The zero-order valence-corrected chi connectivity index (χ0v) is 11.9. The lowest BCUT2D eigenvalue weighted by Gasteiger charge is -2.28. The smallest absolute Gasteiger partial charge is 0.310 e. The molecule has 0 amide bonds. The van der Waals surface area contributed by atoms with E-state index in [2.05, 4.69) is 0 Å². The zero-order valence-electron chi connectivity index (χ0n) is 11.1. The summed E-state index contributed by atoms with van der Waals surface area (Å²) in [6, 6.07) is -0.330. The van der Waals surface area contributed by atoms with Gasteiger partial charge in [-0.1, -0.05) is 6.42 Å². The molecule has 0 spiro atoms. The molecule has 110 valence electrons. The summed E-state index contributed by atoms with van der Waals surface area (Å²) in [6.45, 7) is 0.285. The number of carbonyl (C=O) groups is 1. The van der Waals surface area contributed by atoms with Gasteiger partial charge in [-0.25, -0.2) is 8.42 Å². The number of ether oxygens (including phenoxy) is 1. The van der Waals surface area contributed by atoms with Crippen molar-refractivity contribution in [2.45, 2.75) is 43.4 Å². The fourth-order valence-corrected chi connectivity index (χ4v) is 5.65. The zero-order chi connectivity index (χ0) is 14.0. The third-order valence-electron chi connectivity index (χ3n) is 4.20. The number of aliphatic hydroxyl groups is 1. The molecule has 3 atom stereocenters. The van der Waals surface area contributed by atoms with E-state index in [0.717, 1.165) is 12.8 Å². The maximum Gasteiger partial charge on any atom is 0.310 e. The van der Waals surface area contributed by atoms with Crippen LogP contribution in [0.1, 0.15) is 32.1 Å². The predicted molar refractivity (Wildman–Crippen MR) is 68.9 cm³/mol. The molecule has 19 heavy (non-hydrogen) atoms. The van der Waals surface area contributed by atoms with Gasteiger partial charge in [0.2, 0.25) is 10.0 Å². The van der Waals surface area contributed by atoms with Gasteiger partial charge in [0, 0.05) is 12.6 Å². The molecule has 0 aromatic heterocycles. The molecule has 1 N–H and O–H groups in total. The van der Waals surface area contributed by atoms with Gasteiger partial charge in [0.25, 0.3) is 0 Å². The van der Waals surface area contributed by atoms with E-state index in [4.69, 9.17) is 4.74 Å². The number of hydrogen-bond donors (Lipinski definition) is 1. The molecule has 1 heterocycles. The van der Waals surface area contributed by atoms with Crippen LogP contribution in [0.25, 0.3) is 0 Å². The lowest BCUT2D eigenvalue weighted by Crippen LogP contribution is -2.45. The van der Waals surface area contributed by atoms with Crippen molar-refractivity contribution in [3.8, 4) is 0 Å². The summed E-state index contributed by atoms with van der Waals surface area (Å²) in [5, 5.41) is 8.58. The molecule has 1 saturated carbocycles. The van der Waals surface area contributed by atoms with Gasteiger partial charge >= 0.3 is 5.97 Å². The molecule has 2 rings (SSSR count). The van der Waals surface area contributed by atoms with Crippen LogP contribution in [-0.4, -0.2) is 55.4 Å². The molecular formula is C12H21NO5S. The molecule has 1 aliphatic heterocycles. The molecule has 0 bridgehead atoms. The first-order valence-electron chi connectivity index (χ1n) is 6.71. The second-order valence-corrected chi connectivity index (χ2v) is 7.34. The van der Waals surface area contributed by atoms with E-state index in [9.17, 15) is 18.3 Å². The Morgan fingerprint density at radius 3 is 2.68 bits per heavy atom. The highest BCUT2D eigenvalue weighted by Gasteiger charge is 2.47.